The summed E-state index contributed by atoms with van der Waals surface area (Å²) in [6.07, 6.45) is 2.76. The standard InChI is InChI=1S/C19H26N4O2/c1-3-15-16(12-25-2)21-19(22-18(15)24)23-10-4-5-17(23)14-8-6-13(11-20)7-9-14/h6-9,17H,3-5,10-12,20H2,1-2H3,(H,21,22,24)/t17-/m0/s1. The molecule has 3 N–H and O–H groups in total. The lowest BCUT2D eigenvalue weighted by Gasteiger charge is -2.26. The monoisotopic (exact) mass is 342 g/mol. The SMILES string of the molecule is CCc1c(COC)nc(N2CCC[C@H]2c2ccc(CN)cc2)[nH]c1=O. The average molecular weight is 342 g/mol. The quantitative estimate of drug-likeness (QED) is 0.841. The first-order chi connectivity index (χ1) is 12.2. The van der Waals surface area contributed by atoms with Gasteiger partial charge in [-0.1, -0.05) is 31.2 Å². The molecule has 1 aliphatic heterocycles. The van der Waals surface area contributed by atoms with Crippen LogP contribution in [0.4, 0.5) is 5.95 Å². The van der Waals surface area contributed by atoms with Gasteiger partial charge in [-0.15, -0.1) is 0 Å². The fourth-order valence-corrected chi connectivity index (χ4v) is 3.53. The van der Waals surface area contributed by atoms with Crippen LogP contribution in [-0.4, -0.2) is 23.6 Å². The number of anilines is 1. The van der Waals surface area contributed by atoms with Crippen LogP contribution in [0.25, 0.3) is 0 Å². The van der Waals surface area contributed by atoms with Gasteiger partial charge in [0.05, 0.1) is 18.3 Å². The zero-order valence-electron chi connectivity index (χ0n) is 14.9. The van der Waals surface area contributed by atoms with E-state index in [1.165, 1.54) is 5.56 Å². The van der Waals surface area contributed by atoms with E-state index in [1.54, 1.807) is 7.11 Å². The van der Waals surface area contributed by atoms with Crippen molar-refractivity contribution in [1.29, 1.82) is 0 Å². The second-order valence-corrected chi connectivity index (χ2v) is 6.40. The Morgan fingerprint density at radius 3 is 2.76 bits per heavy atom. The van der Waals surface area contributed by atoms with Crippen LogP contribution in [0.5, 0.6) is 0 Å². The molecule has 1 aromatic carbocycles. The molecule has 1 fully saturated rings. The highest BCUT2D eigenvalue weighted by atomic mass is 16.5. The maximum absolute atomic E-state index is 12.5. The van der Waals surface area contributed by atoms with Gasteiger partial charge in [0.15, 0.2) is 0 Å². The molecule has 6 nitrogen and oxygen atoms in total. The van der Waals surface area contributed by atoms with Crippen molar-refractivity contribution in [3.05, 3.63) is 57.0 Å². The van der Waals surface area contributed by atoms with E-state index >= 15 is 0 Å². The lowest BCUT2D eigenvalue weighted by Crippen LogP contribution is -2.29. The first kappa shape index (κ1) is 17.6. The summed E-state index contributed by atoms with van der Waals surface area (Å²) in [4.78, 5) is 22.3. The van der Waals surface area contributed by atoms with Crippen LogP contribution in [0, 0.1) is 0 Å². The maximum atomic E-state index is 12.5. The summed E-state index contributed by atoms with van der Waals surface area (Å²) in [7, 11) is 1.62. The number of aromatic amines is 1. The maximum Gasteiger partial charge on any atom is 0.255 e. The van der Waals surface area contributed by atoms with Gasteiger partial charge in [0, 0.05) is 25.8 Å². The molecule has 1 aromatic heterocycles. The Bertz CT molecular complexity index is 770. The fourth-order valence-electron chi connectivity index (χ4n) is 3.53. The van der Waals surface area contributed by atoms with Crippen molar-refractivity contribution in [3.8, 4) is 0 Å². The summed E-state index contributed by atoms with van der Waals surface area (Å²) in [5.74, 6) is 0.639. The molecule has 0 unspecified atom stereocenters. The van der Waals surface area contributed by atoms with Gasteiger partial charge in [0.25, 0.3) is 5.56 Å². The molecule has 0 bridgehead atoms. The molecular formula is C19H26N4O2. The molecule has 0 aliphatic carbocycles. The Labute approximate surface area is 148 Å². The lowest BCUT2D eigenvalue weighted by atomic mass is 10.0. The van der Waals surface area contributed by atoms with Crippen molar-refractivity contribution < 1.29 is 4.74 Å². The predicted octanol–water partition coefficient (Wildman–Crippen LogP) is 2.28. The van der Waals surface area contributed by atoms with Crippen molar-refractivity contribution in [2.24, 2.45) is 5.73 Å². The van der Waals surface area contributed by atoms with Crippen LogP contribution in [0.3, 0.4) is 0 Å². The Hall–Kier alpha value is -2.18. The Balaban J connectivity index is 1.95. The van der Waals surface area contributed by atoms with Crippen molar-refractivity contribution in [2.75, 3.05) is 18.6 Å². The highest BCUT2D eigenvalue weighted by molar-refractivity contribution is 5.40. The topological polar surface area (TPSA) is 84.2 Å². The van der Waals surface area contributed by atoms with Gasteiger partial charge >= 0.3 is 0 Å². The third-order valence-electron chi connectivity index (χ3n) is 4.85. The number of methoxy groups -OCH3 is 1. The second-order valence-electron chi connectivity index (χ2n) is 6.40. The van der Waals surface area contributed by atoms with Crippen molar-refractivity contribution in [2.45, 2.75) is 45.4 Å². The summed E-state index contributed by atoms with van der Waals surface area (Å²) < 4.78 is 5.23. The predicted molar refractivity (Wildman–Crippen MR) is 98.6 cm³/mol. The minimum atomic E-state index is -0.0660. The molecule has 0 amide bonds. The van der Waals surface area contributed by atoms with Gasteiger partial charge in [-0.3, -0.25) is 9.78 Å². The van der Waals surface area contributed by atoms with E-state index in [4.69, 9.17) is 15.5 Å². The van der Waals surface area contributed by atoms with Crippen molar-refractivity contribution in [1.82, 2.24) is 9.97 Å². The van der Waals surface area contributed by atoms with E-state index in [9.17, 15) is 4.79 Å². The molecule has 2 aromatic rings. The van der Waals surface area contributed by atoms with Crippen LogP contribution in [0.2, 0.25) is 0 Å². The molecule has 134 valence electrons. The van der Waals surface area contributed by atoms with Crippen LogP contribution in [0.15, 0.2) is 29.1 Å². The Morgan fingerprint density at radius 1 is 1.36 bits per heavy atom. The number of rotatable bonds is 6. The van der Waals surface area contributed by atoms with Gasteiger partial charge in [0.1, 0.15) is 0 Å². The minimum absolute atomic E-state index is 0.0660. The van der Waals surface area contributed by atoms with Crippen molar-refractivity contribution in [3.63, 3.8) is 0 Å². The molecule has 2 heterocycles. The first-order valence-corrected chi connectivity index (χ1v) is 8.84. The number of ether oxygens (including phenoxy) is 1. The summed E-state index contributed by atoms with van der Waals surface area (Å²) in [5.41, 5.74) is 9.40. The van der Waals surface area contributed by atoms with Crippen LogP contribution < -0.4 is 16.2 Å². The van der Waals surface area contributed by atoms with Crippen LogP contribution in [-0.2, 0) is 24.3 Å². The normalized spacial score (nSPS) is 17.2. The minimum Gasteiger partial charge on any atom is -0.378 e. The fraction of sp³-hybridized carbons (Fsp3) is 0.474. The van der Waals surface area contributed by atoms with E-state index in [1.807, 2.05) is 6.92 Å². The first-order valence-electron chi connectivity index (χ1n) is 8.84. The van der Waals surface area contributed by atoms with Gasteiger partial charge in [0.2, 0.25) is 5.95 Å². The second kappa shape index (κ2) is 7.80. The molecule has 1 aliphatic rings. The zero-order chi connectivity index (χ0) is 17.8. The number of nitrogens with two attached hydrogens (primary N) is 1. The number of benzene rings is 1. The van der Waals surface area contributed by atoms with Crippen molar-refractivity contribution >= 4 is 5.95 Å². The average Bonchev–Trinajstić information content (AvgIpc) is 3.11. The zero-order valence-corrected chi connectivity index (χ0v) is 14.9. The Kier molecular flexibility index (Phi) is 5.50. The molecule has 6 heteroatoms. The molecule has 1 atom stereocenters. The Morgan fingerprint density at radius 2 is 2.12 bits per heavy atom. The summed E-state index contributed by atoms with van der Waals surface area (Å²) >= 11 is 0. The van der Waals surface area contributed by atoms with E-state index in [0.717, 1.165) is 30.6 Å². The molecule has 3 rings (SSSR count). The van der Waals surface area contributed by atoms with Gasteiger partial charge in [-0.05, 0) is 30.4 Å². The highest BCUT2D eigenvalue weighted by Gasteiger charge is 2.28. The van der Waals surface area contributed by atoms with Gasteiger partial charge in [-0.2, -0.15) is 0 Å². The molecular weight excluding hydrogens is 316 g/mol. The van der Waals surface area contributed by atoms with E-state index in [-0.39, 0.29) is 11.6 Å². The lowest BCUT2D eigenvalue weighted by molar-refractivity contribution is 0.180. The number of hydrogen-bond acceptors (Lipinski definition) is 5. The molecule has 1 saturated heterocycles. The van der Waals surface area contributed by atoms with E-state index in [2.05, 4.69) is 34.1 Å². The highest BCUT2D eigenvalue weighted by Crippen LogP contribution is 2.34. The van der Waals surface area contributed by atoms with E-state index < -0.39 is 0 Å². The number of H-pyrrole nitrogens is 1. The summed E-state index contributed by atoms with van der Waals surface area (Å²) in [6.45, 7) is 3.74. The summed E-state index contributed by atoms with van der Waals surface area (Å²) in [6, 6.07) is 8.61. The number of nitrogens with zero attached hydrogens (tertiary/aromatic N) is 2. The van der Waals surface area contributed by atoms with Crippen LogP contribution in [0.1, 0.15) is 48.2 Å². The number of nitrogens with one attached hydrogen (secondary N) is 1. The molecule has 0 radical (unpaired) electrons. The smallest absolute Gasteiger partial charge is 0.255 e. The molecule has 0 spiro atoms. The third-order valence-corrected chi connectivity index (χ3v) is 4.85. The van der Waals surface area contributed by atoms with Gasteiger partial charge in [-0.25, -0.2) is 4.98 Å². The van der Waals surface area contributed by atoms with Gasteiger partial charge < -0.3 is 15.4 Å². The largest absolute Gasteiger partial charge is 0.378 e. The number of aromatic nitrogens is 2. The van der Waals surface area contributed by atoms with Crippen LogP contribution >= 0.6 is 0 Å². The summed E-state index contributed by atoms with van der Waals surface area (Å²) in [5, 5.41) is 0. The number of hydrogen-bond donors (Lipinski definition) is 2. The molecule has 25 heavy (non-hydrogen) atoms. The molecule has 0 saturated carbocycles. The third kappa shape index (κ3) is 3.60. The van der Waals surface area contributed by atoms with E-state index in [0.29, 0.717) is 31.1 Å².